The van der Waals surface area contributed by atoms with E-state index in [0.717, 1.165) is 0 Å². The average Bonchev–Trinajstić information content (AvgIpc) is 2.73. The van der Waals surface area contributed by atoms with Gasteiger partial charge in [0.05, 0.1) is 18.0 Å². The Labute approximate surface area is 185 Å². The number of hydrogen-bond donors (Lipinski definition) is 3. The summed E-state index contributed by atoms with van der Waals surface area (Å²) in [5.41, 5.74) is 1.53. The number of carbonyl (C=O) groups is 2. The molecule has 0 aliphatic rings. The second-order valence-corrected chi connectivity index (χ2v) is 8.49. The number of halogens is 1. The number of fused-ring (bicyclic) bond motifs is 1. The number of nitrogens with zero attached hydrogens (tertiary/aromatic N) is 2. The SMILES string of the molecule is COc1cc(F)c2c(Nc3ccc(NC(=O)CC(=O)NCC(C)(C)C)cc3)ncnc2c1. The minimum absolute atomic E-state index is 0.0566. The molecule has 0 aliphatic carbocycles. The molecule has 0 spiro atoms. The quantitative estimate of drug-likeness (QED) is 0.481. The number of amides is 2. The van der Waals surface area contributed by atoms with Crippen LogP contribution in [0.4, 0.5) is 21.6 Å². The molecular weight excluding hydrogens is 413 g/mol. The van der Waals surface area contributed by atoms with Crippen LogP contribution in [0.15, 0.2) is 42.7 Å². The number of methoxy groups -OCH3 is 1. The van der Waals surface area contributed by atoms with Gasteiger partial charge in [-0.1, -0.05) is 20.8 Å². The molecule has 0 saturated heterocycles. The van der Waals surface area contributed by atoms with E-state index < -0.39 is 11.7 Å². The van der Waals surface area contributed by atoms with Gasteiger partial charge in [0.1, 0.15) is 30.1 Å². The Morgan fingerprint density at radius 2 is 1.72 bits per heavy atom. The number of aromatic nitrogens is 2. The smallest absolute Gasteiger partial charge is 0.233 e. The number of carbonyl (C=O) groups excluding carboxylic acids is 2. The molecule has 3 N–H and O–H groups in total. The molecule has 9 heteroatoms. The maximum atomic E-state index is 14.5. The Kier molecular flexibility index (Phi) is 6.87. The first-order valence-electron chi connectivity index (χ1n) is 10.1. The molecule has 1 aromatic heterocycles. The van der Waals surface area contributed by atoms with Crippen molar-refractivity contribution in [2.75, 3.05) is 24.3 Å². The summed E-state index contributed by atoms with van der Waals surface area (Å²) in [6.45, 7) is 6.49. The van der Waals surface area contributed by atoms with Crippen molar-refractivity contribution in [1.29, 1.82) is 0 Å². The van der Waals surface area contributed by atoms with E-state index in [9.17, 15) is 14.0 Å². The summed E-state index contributed by atoms with van der Waals surface area (Å²) in [7, 11) is 1.46. The zero-order chi connectivity index (χ0) is 23.3. The standard InChI is InChI=1S/C23H26FN5O3/c1-23(2,3)12-25-19(30)11-20(31)28-14-5-7-15(8-6-14)29-22-21-17(24)9-16(32-4)10-18(21)26-13-27-22/h5-10,13H,11-12H2,1-4H3,(H,25,30)(H,28,31)(H,26,27,29). The Bertz CT molecular complexity index is 1130. The molecule has 0 aliphatic heterocycles. The molecule has 1 heterocycles. The van der Waals surface area contributed by atoms with E-state index in [-0.39, 0.29) is 23.1 Å². The van der Waals surface area contributed by atoms with Crippen molar-refractivity contribution in [2.24, 2.45) is 5.41 Å². The molecule has 32 heavy (non-hydrogen) atoms. The van der Waals surface area contributed by atoms with Gasteiger partial charge in [-0.15, -0.1) is 0 Å². The minimum atomic E-state index is -0.504. The molecule has 2 aromatic carbocycles. The molecular formula is C23H26FN5O3. The van der Waals surface area contributed by atoms with Crippen LogP contribution in [0, 0.1) is 11.2 Å². The molecule has 0 atom stereocenters. The van der Waals surface area contributed by atoms with Crippen molar-refractivity contribution in [3.63, 3.8) is 0 Å². The molecule has 0 bridgehead atoms. The van der Waals surface area contributed by atoms with Gasteiger partial charge in [0.25, 0.3) is 0 Å². The summed E-state index contributed by atoms with van der Waals surface area (Å²) in [6.07, 6.45) is 1.08. The van der Waals surface area contributed by atoms with Crippen LogP contribution in [0.25, 0.3) is 10.9 Å². The molecule has 2 amide bonds. The van der Waals surface area contributed by atoms with E-state index in [4.69, 9.17) is 4.74 Å². The molecule has 168 valence electrons. The van der Waals surface area contributed by atoms with Gasteiger partial charge >= 0.3 is 0 Å². The topological polar surface area (TPSA) is 105 Å². The van der Waals surface area contributed by atoms with E-state index >= 15 is 0 Å². The van der Waals surface area contributed by atoms with Gasteiger partial charge in [-0.25, -0.2) is 14.4 Å². The highest BCUT2D eigenvalue weighted by Gasteiger charge is 2.15. The van der Waals surface area contributed by atoms with Gasteiger partial charge in [-0.3, -0.25) is 9.59 Å². The predicted octanol–water partition coefficient (Wildman–Crippen LogP) is 4.01. The number of ether oxygens (including phenoxy) is 1. The van der Waals surface area contributed by atoms with Crippen LogP contribution in [0.3, 0.4) is 0 Å². The van der Waals surface area contributed by atoms with Gasteiger partial charge < -0.3 is 20.7 Å². The fourth-order valence-electron chi connectivity index (χ4n) is 2.88. The maximum Gasteiger partial charge on any atom is 0.233 e. The number of hydrogen-bond acceptors (Lipinski definition) is 6. The number of benzene rings is 2. The fraction of sp³-hybridized carbons (Fsp3) is 0.304. The van der Waals surface area contributed by atoms with Crippen LogP contribution >= 0.6 is 0 Å². The third-order valence-electron chi connectivity index (χ3n) is 4.47. The van der Waals surface area contributed by atoms with Crippen molar-refractivity contribution >= 4 is 39.9 Å². The largest absolute Gasteiger partial charge is 0.497 e. The molecule has 0 fully saturated rings. The maximum absolute atomic E-state index is 14.5. The second kappa shape index (κ2) is 9.59. The van der Waals surface area contributed by atoms with Crippen LogP contribution in [0.2, 0.25) is 0 Å². The first-order chi connectivity index (χ1) is 15.1. The lowest BCUT2D eigenvalue weighted by atomic mass is 9.97. The van der Waals surface area contributed by atoms with Gasteiger partial charge in [-0.05, 0) is 29.7 Å². The van der Waals surface area contributed by atoms with Crippen molar-refractivity contribution in [3.8, 4) is 5.75 Å². The zero-order valence-corrected chi connectivity index (χ0v) is 18.5. The Hall–Kier alpha value is -3.75. The number of anilines is 3. The van der Waals surface area contributed by atoms with E-state index in [1.165, 1.54) is 19.5 Å². The summed E-state index contributed by atoms with van der Waals surface area (Å²) in [6, 6.07) is 9.68. The first-order valence-corrected chi connectivity index (χ1v) is 10.1. The van der Waals surface area contributed by atoms with Gasteiger partial charge in [0.2, 0.25) is 11.8 Å². The van der Waals surface area contributed by atoms with Crippen LogP contribution in [0.5, 0.6) is 5.75 Å². The van der Waals surface area contributed by atoms with Crippen molar-refractivity contribution in [1.82, 2.24) is 15.3 Å². The number of rotatable bonds is 7. The second-order valence-electron chi connectivity index (χ2n) is 8.49. The predicted molar refractivity (Wildman–Crippen MR) is 121 cm³/mol. The highest BCUT2D eigenvalue weighted by Crippen LogP contribution is 2.29. The minimum Gasteiger partial charge on any atom is -0.497 e. The Balaban J connectivity index is 1.64. The van der Waals surface area contributed by atoms with Crippen molar-refractivity contribution in [3.05, 3.63) is 48.5 Å². The van der Waals surface area contributed by atoms with Crippen LogP contribution < -0.4 is 20.7 Å². The summed E-state index contributed by atoms with van der Waals surface area (Å²) < 4.78 is 19.6. The zero-order valence-electron chi connectivity index (χ0n) is 18.5. The highest BCUT2D eigenvalue weighted by atomic mass is 19.1. The summed E-state index contributed by atoms with van der Waals surface area (Å²) >= 11 is 0. The average molecular weight is 439 g/mol. The number of nitrogens with one attached hydrogen (secondary N) is 3. The Morgan fingerprint density at radius 3 is 2.38 bits per heavy atom. The molecule has 0 unspecified atom stereocenters. The summed E-state index contributed by atoms with van der Waals surface area (Å²) in [5, 5.41) is 8.73. The molecule has 0 saturated carbocycles. The van der Waals surface area contributed by atoms with Crippen LogP contribution in [-0.2, 0) is 9.59 Å². The van der Waals surface area contributed by atoms with Crippen LogP contribution in [0.1, 0.15) is 27.2 Å². The summed E-state index contributed by atoms with van der Waals surface area (Å²) in [4.78, 5) is 32.2. The molecule has 8 nitrogen and oxygen atoms in total. The first kappa shape index (κ1) is 22.9. The van der Waals surface area contributed by atoms with E-state index in [0.29, 0.717) is 35.0 Å². The van der Waals surface area contributed by atoms with Crippen LogP contribution in [-0.4, -0.2) is 35.4 Å². The lowest BCUT2D eigenvalue weighted by molar-refractivity contribution is -0.127. The van der Waals surface area contributed by atoms with E-state index in [2.05, 4.69) is 25.9 Å². The monoisotopic (exact) mass is 439 g/mol. The lowest BCUT2D eigenvalue weighted by Crippen LogP contribution is -2.34. The van der Waals surface area contributed by atoms with E-state index in [1.54, 1.807) is 30.3 Å². The fourth-order valence-corrected chi connectivity index (χ4v) is 2.88. The van der Waals surface area contributed by atoms with Crippen molar-refractivity contribution in [2.45, 2.75) is 27.2 Å². The highest BCUT2D eigenvalue weighted by molar-refractivity contribution is 6.03. The Morgan fingerprint density at radius 1 is 1.03 bits per heavy atom. The van der Waals surface area contributed by atoms with Crippen molar-refractivity contribution < 1.29 is 18.7 Å². The third kappa shape index (κ3) is 6.13. The lowest BCUT2D eigenvalue weighted by Gasteiger charge is -2.18. The van der Waals surface area contributed by atoms with Gasteiger partial charge in [-0.2, -0.15) is 0 Å². The van der Waals surface area contributed by atoms with E-state index in [1.807, 2.05) is 20.8 Å². The normalized spacial score (nSPS) is 11.2. The molecule has 3 rings (SSSR count). The van der Waals surface area contributed by atoms with Gasteiger partial charge in [0, 0.05) is 30.1 Å². The molecule has 3 aromatic rings. The third-order valence-corrected chi connectivity index (χ3v) is 4.47. The summed E-state index contributed by atoms with van der Waals surface area (Å²) in [5.74, 6) is -0.565. The molecule has 0 radical (unpaired) electrons. The van der Waals surface area contributed by atoms with Gasteiger partial charge in [0.15, 0.2) is 0 Å².